The van der Waals surface area contributed by atoms with Gasteiger partial charge in [-0.2, -0.15) is 0 Å². The monoisotopic (exact) mass is 455 g/mol. The van der Waals surface area contributed by atoms with Crippen LogP contribution < -0.4 is 10.4 Å². The fraction of sp³-hybridized carbons (Fsp3) is 0.357. The Labute approximate surface area is 199 Å². The molecule has 0 saturated carbocycles. The van der Waals surface area contributed by atoms with Crippen molar-refractivity contribution in [2.75, 3.05) is 18.2 Å². The van der Waals surface area contributed by atoms with Crippen LogP contribution >= 0.6 is 0 Å². The first-order chi connectivity index (χ1) is 16.4. The number of rotatable bonds is 4. The quantitative estimate of drug-likeness (QED) is 0.653. The fourth-order valence-corrected chi connectivity index (χ4v) is 6.34. The van der Waals surface area contributed by atoms with Crippen LogP contribution in [0.2, 0.25) is 0 Å². The molecule has 0 saturated heterocycles. The molecule has 6 rings (SSSR count). The lowest BCUT2D eigenvalue weighted by atomic mass is 9.81. The second-order valence-corrected chi connectivity index (χ2v) is 10.2. The van der Waals surface area contributed by atoms with Gasteiger partial charge in [-0.1, -0.05) is 62.4 Å². The van der Waals surface area contributed by atoms with Gasteiger partial charge in [0.05, 0.1) is 0 Å². The number of hydrogen-bond donors (Lipinski definition) is 1. The van der Waals surface area contributed by atoms with Gasteiger partial charge in [0.25, 0.3) is 5.91 Å². The molecule has 0 fully saturated rings. The largest absolute Gasteiger partial charge is 0.502 e. The van der Waals surface area contributed by atoms with Crippen molar-refractivity contribution < 1.29 is 9.90 Å². The maximum absolute atomic E-state index is 13.5. The lowest BCUT2D eigenvalue weighted by Gasteiger charge is -2.50. The number of nitrogens with zero attached hydrogens (tertiary/aromatic N) is 3. The van der Waals surface area contributed by atoms with E-state index in [1.54, 1.807) is 15.8 Å². The Morgan fingerprint density at radius 3 is 2.21 bits per heavy atom. The Bertz CT molecular complexity index is 1310. The number of hydrogen-bond acceptors (Lipinski definition) is 4. The summed E-state index contributed by atoms with van der Waals surface area (Å²) in [6, 6.07) is 18.5. The first kappa shape index (κ1) is 21.0. The predicted molar refractivity (Wildman–Crippen MR) is 131 cm³/mol. The molecule has 34 heavy (non-hydrogen) atoms. The zero-order valence-electron chi connectivity index (χ0n) is 19.6. The highest BCUT2D eigenvalue weighted by Gasteiger charge is 2.58. The summed E-state index contributed by atoms with van der Waals surface area (Å²) in [5.74, 6) is -0.0492. The molecule has 174 valence electrons. The number of pyridine rings is 1. The van der Waals surface area contributed by atoms with E-state index >= 15 is 0 Å². The highest BCUT2D eigenvalue weighted by Crippen LogP contribution is 2.56. The predicted octanol–water partition coefficient (Wildman–Crippen LogP) is 3.62. The highest BCUT2D eigenvalue weighted by molar-refractivity contribution is 5.96. The van der Waals surface area contributed by atoms with Crippen LogP contribution in [-0.2, 0) is 18.4 Å². The van der Waals surface area contributed by atoms with Crippen LogP contribution in [0.25, 0.3) is 0 Å². The van der Waals surface area contributed by atoms with Crippen molar-refractivity contribution in [1.82, 2.24) is 9.58 Å². The van der Waals surface area contributed by atoms with Gasteiger partial charge in [-0.3, -0.25) is 19.3 Å². The molecule has 1 N–H and O–H groups in total. The molecule has 0 spiro atoms. The van der Waals surface area contributed by atoms with Gasteiger partial charge in [0, 0.05) is 24.7 Å². The van der Waals surface area contributed by atoms with Crippen LogP contribution in [-0.4, -0.2) is 33.8 Å². The molecule has 0 bridgehead atoms. The molecule has 3 aromatic rings. The van der Waals surface area contributed by atoms with Gasteiger partial charge in [-0.25, -0.2) is 0 Å². The van der Waals surface area contributed by atoms with Crippen LogP contribution in [0.3, 0.4) is 0 Å². The lowest BCUT2D eigenvalue weighted by Crippen LogP contribution is -2.63. The van der Waals surface area contributed by atoms with Crippen molar-refractivity contribution in [3.05, 3.63) is 99.0 Å². The molecule has 2 aromatic carbocycles. The molecule has 2 aliphatic carbocycles. The van der Waals surface area contributed by atoms with E-state index in [1.165, 1.54) is 28.3 Å². The topological polar surface area (TPSA) is 65.8 Å². The number of fused-ring (bicyclic) bond motifs is 6. The molecule has 0 atom stereocenters. The molecule has 6 heteroatoms. The molecule has 6 nitrogen and oxygen atoms in total. The Morgan fingerprint density at radius 2 is 1.59 bits per heavy atom. The van der Waals surface area contributed by atoms with Gasteiger partial charge >= 0.3 is 0 Å². The fourth-order valence-electron chi connectivity index (χ4n) is 6.34. The number of benzene rings is 2. The highest BCUT2D eigenvalue weighted by atomic mass is 16.3. The summed E-state index contributed by atoms with van der Waals surface area (Å²) in [7, 11) is 0. The molecule has 0 unspecified atom stereocenters. The number of carbonyl (C=O) groups is 1. The SMILES string of the molecule is CC(C)CCN1CN(C23c4ccccc4CC2Cc2ccccc23)n2ccc(=O)c(O)c2C1=O. The van der Waals surface area contributed by atoms with Crippen molar-refractivity contribution in [3.63, 3.8) is 0 Å². The van der Waals surface area contributed by atoms with E-state index in [0.29, 0.717) is 19.1 Å². The van der Waals surface area contributed by atoms with Crippen molar-refractivity contribution in [3.8, 4) is 5.75 Å². The Balaban J connectivity index is 1.62. The molecule has 0 radical (unpaired) electrons. The normalized spacial score (nSPS) is 22.6. The van der Waals surface area contributed by atoms with Gasteiger partial charge in [0.1, 0.15) is 12.2 Å². The summed E-state index contributed by atoms with van der Waals surface area (Å²) in [6.07, 6.45) is 4.40. The molecule has 2 heterocycles. The zero-order valence-corrected chi connectivity index (χ0v) is 19.6. The number of aromatic nitrogens is 1. The summed E-state index contributed by atoms with van der Waals surface area (Å²) >= 11 is 0. The second kappa shape index (κ2) is 7.49. The van der Waals surface area contributed by atoms with Crippen molar-refractivity contribution in [2.24, 2.45) is 11.8 Å². The van der Waals surface area contributed by atoms with Crippen molar-refractivity contribution in [1.29, 1.82) is 0 Å². The lowest BCUT2D eigenvalue weighted by molar-refractivity contribution is 0.0638. The first-order valence-corrected chi connectivity index (χ1v) is 12.1. The van der Waals surface area contributed by atoms with Gasteiger partial charge in [0.15, 0.2) is 11.4 Å². The third-order valence-corrected chi connectivity index (χ3v) is 7.87. The molecule has 1 aliphatic heterocycles. The smallest absolute Gasteiger partial charge is 0.277 e. The van der Waals surface area contributed by atoms with Crippen LogP contribution in [0.15, 0.2) is 65.6 Å². The summed E-state index contributed by atoms with van der Waals surface area (Å²) in [4.78, 5) is 27.7. The Hall–Kier alpha value is -3.54. The minimum absolute atomic E-state index is 0.0596. The van der Waals surface area contributed by atoms with Crippen LogP contribution in [0.4, 0.5) is 0 Å². The van der Waals surface area contributed by atoms with E-state index in [0.717, 1.165) is 19.3 Å². The second-order valence-electron chi connectivity index (χ2n) is 10.2. The number of amides is 1. The Morgan fingerprint density at radius 1 is 0.971 bits per heavy atom. The Kier molecular flexibility index (Phi) is 4.63. The molecule has 1 aromatic heterocycles. The van der Waals surface area contributed by atoms with E-state index in [9.17, 15) is 14.7 Å². The molecular weight excluding hydrogens is 426 g/mol. The summed E-state index contributed by atoms with van der Waals surface area (Å²) in [6.45, 7) is 5.23. The van der Waals surface area contributed by atoms with Gasteiger partial charge < -0.3 is 10.0 Å². The van der Waals surface area contributed by atoms with Crippen LogP contribution in [0, 0.1) is 11.8 Å². The van der Waals surface area contributed by atoms with E-state index < -0.39 is 16.7 Å². The van der Waals surface area contributed by atoms with Gasteiger partial charge in [0.2, 0.25) is 5.43 Å². The molecule has 1 amide bonds. The minimum Gasteiger partial charge on any atom is -0.502 e. The van der Waals surface area contributed by atoms with E-state index in [1.807, 2.05) is 0 Å². The average molecular weight is 456 g/mol. The van der Waals surface area contributed by atoms with E-state index in [4.69, 9.17) is 0 Å². The summed E-state index contributed by atoms with van der Waals surface area (Å²) in [5, 5.41) is 13.0. The van der Waals surface area contributed by atoms with E-state index in [2.05, 4.69) is 67.4 Å². The summed E-state index contributed by atoms with van der Waals surface area (Å²) < 4.78 is 1.75. The average Bonchev–Trinajstić information content (AvgIpc) is 3.32. The zero-order chi connectivity index (χ0) is 23.6. The number of carbonyl (C=O) groups excluding carboxylic acids is 1. The van der Waals surface area contributed by atoms with Gasteiger partial charge in [-0.05, 0) is 47.4 Å². The third-order valence-electron chi connectivity index (χ3n) is 7.87. The maximum atomic E-state index is 13.5. The van der Waals surface area contributed by atoms with Crippen LogP contribution in [0.5, 0.6) is 5.75 Å². The standard InChI is InChI=1S/C28H29N3O3/c1-18(2)11-13-29-17-31(30-14-12-24(32)26(33)25(30)27(29)34)28-21(15-19-7-3-5-9-22(19)28)16-20-8-4-6-10-23(20)28/h3-10,12,14,18,21,33H,11,13,15-17H2,1-2H3. The van der Waals surface area contributed by atoms with Crippen molar-refractivity contribution in [2.45, 2.75) is 38.6 Å². The summed E-state index contributed by atoms with van der Waals surface area (Å²) in [5.41, 5.74) is 4.17. The molecular formula is C28H29N3O3. The first-order valence-electron chi connectivity index (χ1n) is 12.1. The number of aromatic hydroxyl groups is 1. The maximum Gasteiger partial charge on any atom is 0.277 e. The minimum atomic E-state index is -0.530. The van der Waals surface area contributed by atoms with Gasteiger partial charge in [-0.15, -0.1) is 0 Å². The molecule has 3 aliphatic rings. The van der Waals surface area contributed by atoms with E-state index in [-0.39, 0.29) is 17.5 Å². The third kappa shape index (κ3) is 2.74. The van der Waals surface area contributed by atoms with Crippen molar-refractivity contribution >= 4 is 5.91 Å². The van der Waals surface area contributed by atoms with Crippen LogP contribution in [0.1, 0.15) is 53.0 Å².